The SMILES string of the molecule is CC(C)(NS(=O)(=O)/C=C/c1ccc(Cl)cc1)C(=O)O. The summed E-state index contributed by atoms with van der Waals surface area (Å²) in [5, 5.41) is 10.3. The first-order valence-corrected chi connectivity index (χ1v) is 7.26. The second-order valence-corrected chi connectivity index (χ2v) is 6.43. The quantitative estimate of drug-likeness (QED) is 0.872. The first-order valence-electron chi connectivity index (χ1n) is 5.33. The van der Waals surface area contributed by atoms with Gasteiger partial charge in [-0.05, 0) is 37.6 Å². The van der Waals surface area contributed by atoms with Crippen molar-refractivity contribution < 1.29 is 18.3 Å². The zero-order valence-electron chi connectivity index (χ0n) is 10.4. The molecule has 0 bridgehead atoms. The highest BCUT2D eigenvalue weighted by molar-refractivity contribution is 7.92. The topological polar surface area (TPSA) is 83.5 Å². The fourth-order valence-corrected chi connectivity index (χ4v) is 2.50. The van der Waals surface area contributed by atoms with Crippen LogP contribution in [0.15, 0.2) is 29.7 Å². The van der Waals surface area contributed by atoms with E-state index in [-0.39, 0.29) is 0 Å². The fourth-order valence-electron chi connectivity index (χ4n) is 1.18. The van der Waals surface area contributed by atoms with Gasteiger partial charge in [0.15, 0.2) is 0 Å². The maximum atomic E-state index is 11.7. The fraction of sp³-hybridized carbons (Fsp3) is 0.250. The maximum absolute atomic E-state index is 11.7. The molecular formula is C12H14ClNO4S. The van der Waals surface area contributed by atoms with E-state index in [1.807, 2.05) is 0 Å². The molecule has 0 unspecified atom stereocenters. The first kappa shape index (κ1) is 15.7. The summed E-state index contributed by atoms with van der Waals surface area (Å²) in [4.78, 5) is 10.8. The van der Waals surface area contributed by atoms with Crippen LogP contribution in [-0.4, -0.2) is 25.0 Å². The molecular weight excluding hydrogens is 290 g/mol. The standard InChI is InChI=1S/C12H14ClNO4S/c1-12(2,11(15)16)14-19(17,18)8-7-9-3-5-10(13)6-4-9/h3-8,14H,1-2H3,(H,15,16)/b8-7+. The van der Waals surface area contributed by atoms with Crippen LogP contribution >= 0.6 is 11.6 Å². The molecule has 2 N–H and O–H groups in total. The summed E-state index contributed by atoms with van der Waals surface area (Å²) in [5.41, 5.74) is -0.925. The molecule has 0 aliphatic rings. The minimum absolute atomic E-state index is 0.546. The lowest BCUT2D eigenvalue weighted by molar-refractivity contribution is -0.142. The molecule has 0 aliphatic heterocycles. The molecule has 1 aromatic carbocycles. The van der Waals surface area contributed by atoms with Crippen LogP contribution in [0.5, 0.6) is 0 Å². The zero-order valence-corrected chi connectivity index (χ0v) is 12.0. The van der Waals surface area contributed by atoms with Crippen LogP contribution in [0.4, 0.5) is 0 Å². The van der Waals surface area contributed by atoms with Crippen molar-refractivity contribution in [2.45, 2.75) is 19.4 Å². The maximum Gasteiger partial charge on any atom is 0.324 e. The summed E-state index contributed by atoms with van der Waals surface area (Å²) in [5.74, 6) is -1.25. The third-order valence-electron chi connectivity index (χ3n) is 2.24. The number of hydrogen-bond acceptors (Lipinski definition) is 3. The lowest BCUT2D eigenvalue weighted by Gasteiger charge is -2.19. The van der Waals surface area contributed by atoms with E-state index in [2.05, 4.69) is 4.72 Å². The summed E-state index contributed by atoms with van der Waals surface area (Å²) in [6.45, 7) is 2.53. The number of halogens is 1. The molecule has 0 amide bonds. The zero-order chi connectivity index (χ0) is 14.7. The van der Waals surface area contributed by atoms with Gasteiger partial charge in [-0.3, -0.25) is 4.79 Å². The van der Waals surface area contributed by atoms with Gasteiger partial charge in [0, 0.05) is 10.4 Å². The molecule has 0 aromatic heterocycles. The molecule has 0 aliphatic carbocycles. The number of nitrogens with one attached hydrogen (secondary N) is 1. The third kappa shape index (κ3) is 5.02. The van der Waals surface area contributed by atoms with Crippen LogP contribution in [0.1, 0.15) is 19.4 Å². The smallest absolute Gasteiger partial charge is 0.324 e. The molecule has 19 heavy (non-hydrogen) atoms. The number of benzene rings is 1. The predicted octanol–water partition coefficient (Wildman–Crippen LogP) is 2.09. The predicted molar refractivity (Wildman–Crippen MR) is 74.3 cm³/mol. The number of carboxylic acid groups (broad SMARTS) is 1. The molecule has 0 saturated heterocycles. The van der Waals surface area contributed by atoms with E-state index >= 15 is 0 Å². The van der Waals surface area contributed by atoms with Crippen molar-refractivity contribution in [3.05, 3.63) is 40.3 Å². The number of rotatable bonds is 5. The van der Waals surface area contributed by atoms with Crippen LogP contribution in [-0.2, 0) is 14.8 Å². The Hall–Kier alpha value is -1.37. The summed E-state index contributed by atoms with van der Waals surface area (Å²) in [6.07, 6.45) is 1.36. The monoisotopic (exact) mass is 303 g/mol. The van der Waals surface area contributed by atoms with Crippen molar-refractivity contribution in [2.75, 3.05) is 0 Å². The second-order valence-electron chi connectivity index (χ2n) is 4.43. The van der Waals surface area contributed by atoms with E-state index < -0.39 is 21.5 Å². The summed E-state index contributed by atoms with van der Waals surface area (Å²) in [6, 6.07) is 6.55. The van der Waals surface area contributed by atoms with Gasteiger partial charge >= 0.3 is 5.97 Å². The van der Waals surface area contributed by atoms with Crippen LogP contribution in [0.25, 0.3) is 6.08 Å². The lowest BCUT2D eigenvalue weighted by Crippen LogP contribution is -2.48. The van der Waals surface area contributed by atoms with E-state index in [4.69, 9.17) is 16.7 Å². The average Bonchev–Trinajstić information content (AvgIpc) is 2.27. The number of carbonyl (C=O) groups is 1. The number of aliphatic carboxylic acids is 1. The van der Waals surface area contributed by atoms with Crippen molar-refractivity contribution in [3.63, 3.8) is 0 Å². The Morgan fingerprint density at radius 2 is 1.84 bits per heavy atom. The summed E-state index contributed by atoms with van der Waals surface area (Å²) >= 11 is 5.70. The van der Waals surface area contributed by atoms with Crippen molar-refractivity contribution >= 4 is 33.7 Å². The van der Waals surface area contributed by atoms with Crippen LogP contribution < -0.4 is 4.72 Å². The highest BCUT2D eigenvalue weighted by Crippen LogP contribution is 2.12. The van der Waals surface area contributed by atoms with Gasteiger partial charge in [0.05, 0.1) is 0 Å². The first-order chi connectivity index (χ1) is 8.62. The van der Waals surface area contributed by atoms with Gasteiger partial charge in [-0.15, -0.1) is 0 Å². The Morgan fingerprint density at radius 3 is 2.32 bits per heavy atom. The number of hydrogen-bond donors (Lipinski definition) is 2. The summed E-state index contributed by atoms with van der Waals surface area (Å²) in [7, 11) is -3.84. The van der Waals surface area contributed by atoms with Gasteiger partial charge in [-0.25, -0.2) is 8.42 Å². The van der Waals surface area contributed by atoms with E-state index in [0.717, 1.165) is 5.41 Å². The van der Waals surface area contributed by atoms with E-state index in [9.17, 15) is 13.2 Å². The van der Waals surface area contributed by atoms with Gasteiger partial charge in [0.25, 0.3) is 0 Å². The van der Waals surface area contributed by atoms with Crippen molar-refractivity contribution in [1.29, 1.82) is 0 Å². The highest BCUT2D eigenvalue weighted by Gasteiger charge is 2.31. The molecule has 0 fully saturated rings. The highest BCUT2D eigenvalue weighted by atomic mass is 35.5. The van der Waals surface area contributed by atoms with E-state index in [1.165, 1.54) is 19.9 Å². The third-order valence-corrected chi connectivity index (χ3v) is 3.78. The Balaban J connectivity index is 2.86. The van der Waals surface area contributed by atoms with Crippen LogP contribution in [0.2, 0.25) is 5.02 Å². The number of sulfonamides is 1. The molecule has 1 aromatic rings. The lowest BCUT2D eigenvalue weighted by atomic mass is 10.1. The molecule has 1 rings (SSSR count). The molecule has 0 atom stereocenters. The largest absolute Gasteiger partial charge is 0.480 e. The number of carboxylic acids is 1. The molecule has 0 spiro atoms. The van der Waals surface area contributed by atoms with Gasteiger partial charge in [-0.2, -0.15) is 4.72 Å². The van der Waals surface area contributed by atoms with E-state index in [1.54, 1.807) is 24.3 Å². The normalized spacial score (nSPS) is 12.8. The Kier molecular flexibility index (Phi) is 4.73. The Morgan fingerprint density at radius 1 is 1.32 bits per heavy atom. The van der Waals surface area contributed by atoms with E-state index in [0.29, 0.717) is 10.6 Å². The molecule has 5 nitrogen and oxygen atoms in total. The summed E-state index contributed by atoms with van der Waals surface area (Å²) < 4.78 is 25.5. The van der Waals surface area contributed by atoms with Gasteiger partial charge < -0.3 is 5.11 Å². The second kappa shape index (κ2) is 5.73. The minimum atomic E-state index is -3.84. The molecule has 0 heterocycles. The molecule has 7 heteroatoms. The van der Waals surface area contributed by atoms with Gasteiger partial charge in [-0.1, -0.05) is 23.7 Å². The molecule has 0 saturated carbocycles. The average molecular weight is 304 g/mol. The molecule has 104 valence electrons. The van der Waals surface area contributed by atoms with Crippen molar-refractivity contribution in [1.82, 2.24) is 4.72 Å². The van der Waals surface area contributed by atoms with Crippen molar-refractivity contribution in [3.8, 4) is 0 Å². The Bertz CT molecular complexity index is 591. The molecule has 0 radical (unpaired) electrons. The Labute approximate surface area is 117 Å². The van der Waals surface area contributed by atoms with Crippen molar-refractivity contribution in [2.24, 2.45) is 0 Å². The van der Waals surface area contributed by atoms with Crippen LogP contribution in [0, 0.1) is 0 Å². The minimum Gasteiger partial charge on any atom is -0.480 e. The van der Waals surface area contributed by atoms with Gasteiger partial charge in [0.1, 0.15) is 5.54 Å². The van der Waals surface area contributed by atoms with Gasteiger partial charge in [0.2, 0.25) is 10.0 Å². The van der Waals surface area contributed by atoms with Crippen LogP contribution in [0.3, 0.4) is 0 Å².